The summed E-state index contributed by atoms with van der Waals surface area (Å²) in [7, 11) is 2.75. The summed E-state index contributed by atoms with van der Waals surface area (Å²) in [6.07, 6.45) is 1.47. The lowest BCUT2D eigenvalue weighted by Gasteiger charge is -2.12. The maximum absolute atomic E-state index is 12.9. The van der Waals surface area contributed by atoms with Crippen molar-refractivity contribution in [1.82, 2.24) is 10.2 Å². The zero-order valence-electron chi connectivity index (χ0n) is 20.8. The number of imide groups is 1. The molecule has 3 aromatic rings. The Kier molecular flexibility index (Phi) is 7.76. The first kappa shape index (κ1) is 26.0. The van der Waals surface area contributed by atoms with Crippen LogP contribution in [0.25, 0.3) is 6.08 Å². The minimum atomic E-state index is -0.669. The van der Waals surface area contributed by atoms with Gasteiger partial charge in [0.25, 0.3) is 5.91 Å². The third-order valence-corrected chi connectivity index (χ3v) is 5.43. The van der Waals surface area contributed by atoms with Crippen LogP contribution >= 0.6 is 0 Å². The Morgan fingerprint density at radius 2 is 1.74 bits per heavy atom. The molecule has 1 fully saturated rings. The van der Waals surface area contributed by atoms with E-state index in [2.05, 4.69) is 10.1 Å². The van der Waals surface area contributed by atoms with Gasteiger partial charge in [0.2, 0.25) is 5.76 Å². The molecule has 11 heteroatoms. The number of ether oxygens (including phenoxy) is 4. The van der Waals surface area contributed by atoms with Crippen LogP contribution in [0.2, 0.25) is 0 Å². The molecule has 3 amide bonds. The van der Waals surface area contributed by atoms with Gasteiger partial charge in [0.05, 0.1) is 32.9 Å². The highest BCUT2D eigenvalue weighted by Gasteiger charge is 2.34. The molecule has 0 aliphatic carbocycles. The number of esters is 2. The van der Waals surface area contributed by atoms with Crippen LogP contribution in [-0.4, -0.2) is 49.6 Å². The summed E-state index contributed by atoms with van der Waals surface area (Å²) in [5.74, 6) is -0.562. The molecule has 1 aromatic heterocycles. The number of hydrogen-bond donors (Lipinski definition) is 1. The average molecular weight is 520 g/mol. The van der Waals surface area contributed by atoms with Gasteiger partial charge < -0.3 is 28.7 Å². The van der Waals surface area contributed by atoms with Gasteiger partial charge in [-0.2, -0.15) is 0 Å². The molecule has 0 radical (unpaired) electrons. The number of amides is 3. The summed E-state index contributed by atoms with van der Waals surface area (Å²) >= 11 is 0. The van der Waals surface area contributed by atoms with E-state index in [1.165, 1.54) is 38.5 Å². The summed E-state index contributed by atoms with van der Waals surface area (Å²) in [6.45, 7) is 1.90. The summed E-state index contributed by atoms with van der Waals surface area (Å²) in [5, 5.41) is 2.52. The molecule has 4 rings (SSSR count). The van der Waals surface area contributed by atoms with Crippen LogP contribution in [0.1, 0.15) is 39.2 Å². The zero-order valence-corrected chi connectivity index (χ0v) is 20.8. The number of nitrogens with zero attached hydrogens (tertiary/aromatic N) is 1. The summed E-state index contributed by atoms with van der Waals surface area (Å²) in [5.41, 5.74) is 0.878. The van der Waals surface area contributed by atoms with Crippen molar-refractivity contribution in [2.45, 2.75) is 13.5 Å². The van der Waals surface area contributed by atoms with Crippen molar-refractivity contribution >= 4 is 30.0 Å². The number of carbonyl (C=O) groups is 4. The van der Waals surface area contributed by atoms with Crippen LogP contribution in [0, 0.1) is 0 Å². The maximum Gasteiger partial charge on any atom is 0.373 e. The summed E-state index contributed by atoms with van der Waals surface area (Å²) < 4.78 is 26.2. The van der Waals surface area contributed by atoms with Crippen LogP contribution in [-0.2, 0) is 16.1 Å². The Morgan fingerprint density at radius 1 is 0.974 bits per heavy atom. The van der Waals surface area contributed by atoms with E-state index >= 15 is 0 Å². The van der Waals surface area contributed by atoms with Crippen LogP contribution in [0.4, 0.5) is 4.79 Å². The molecular formula is C27H24N2O9. The first-order chi connectivity index (χ1) is 18.3. The van der Waals surface area contributed by atoms with Crippen molar-refractivity contribution in [3.8, 4) is 17.2 Å². The normalized spacial score (nSPS) is 13.9. The second kappa shape index (κ2) is 11.3. The molecule has 38 heavy (non-hydrogen) atoms. The molecule has 1 saturated heterocycles. The largest absolute Gasteiger partial charge is 0.497 e. The van der Waals surface area contributed by atoms with Gasteiger partial charge >= 0.3 is 18.0 Å². The van der Waals surface area contributed by atoms with Crippen molar-refractivity contribution in [2.75, 3.05) is 20.8 Å². The van der Waals surface area contributed by atoms with E-state index in [1.807, 2.05) is 0 Å². The SMILES string of the molecule is CCOc1cc(/C=C2\NC(=O)N(Cc3ccc(C(=O)OC)o3)C2=O)ccc1OC(=O)c1ccc(OC)cc1. The average Bonchev–Trinajstić information content (AvgIpc) is 3.50. The number of rotatable bonds is 9. The smallest absolute Gasteiger partial charge is 0.373 e. The number of benzene rings is 2. The van der Waals surface area contributed by atoms with Crippen molar-refractivity contribution in [2.24, 2.45) is 0 Å². The number of carbonyl (C=O) groups excluding carboxylic acids is 4. The quantitative estimate of drug-likeness (QED) is 0.194. The van der Waals surface area contributed by atoms with E-state index in [0.717, 1.165) is 4.90 Å². The fourth-order valence-electron chi connectivity index (χ4n) is 3.56. The minimum absolute atomic E-state index is 0.0279. The standard InChI is InChI=1S/C27H24N2O9/c1-4-36-23-14-16(5-11-21(23)38-25(31)17-6-8-18(34-2)9-7-17)13-20-24(30)29(27(33)28-20)15-19-10-12-22(37-19)26(32)35-3/h5-14H,4,15H2,1-3H3,(H,28,33)/b20-13-. The van der Waals surface area contributed by atoms with E-state index in [1.54, 1.807) is 43.3 Å². The van der Waals surface area contributed by atoms with E-state index in [9.17, 15) is 19.2 Å². The number of furan rings is 1. The van der Waals surface area contributed by atoms with Crippen molar-refractivity contribution in [3.05, 3.63) is 82.9 Å². The highest BCUT2D eigenvalue weighted by Crippen LogP contribution is 2.31. The molecule has 1 aliphatic heterocycles. The van der Waals surface area contributed by atoms with Crippen LogP contribution < -0.4 is 19.5 Å². The molecule has 0 saturated carbocycles. The Bertz CT molecular complexity index is 1410. The Hall–Kier alpha value is -5.06. The zero-order chi connectivity index (χ0) is 27.2. The molecule has 2 aromatic carbocycles. The second-order valence-electron chi connectivity index (χ2n) is 7.89. The molecule has 11 nitrogen and oxygen atoms in total. The predicted molar refractivity (Wildman–Crippen MR) is 133 cm³/mol. The van der Waals surface area contributed by atoms with Crippen LogP contribution in [0.5, 0.6) is 17.2 Å². The van der Waals surface area contributed by atoms with Gasteiger partial charge in [0, 0.05) is 0 Å². The Morgan fingerprint density at radius 3 is 2.42 bits per heavy atom. The molecule has 0 spiro atoms. The van der Waals surface area contributed by atoms with E-state index in [-0.39, 0.29) is 35.3 Å². The van der Waals surface area contributed by atoms with Crippen LogP contribution in [0.3, 0.4) is 0 Å². The minimum Gasteiger partial charge on any atom is -0.497 e. The van der Waals surface area contributed by atoms with Gasteiger partial charge in [-0.1, -0.05) is 6.07 Å². The third-order valence-electron chi connectivity index (χ3n) is 5.43. The van der Waals surface area contributed by atoms with Gasteiger partial charge in [0.1, 0.15) is 17.2 Å². The molecule has 2 heterocycles. The first-order valence-electron chi connectivity index (χ1n) is 11.5. The Labute approximate surface area is 217 Å². The number of nitrogens with one attached hydrogen (secondary N) is 1. The molecule has 196 valence electrons. The second-order valence-corrected chi connectivity index (χ2v) is 7.89. The lowest BCUT2D eigenvalue weighted by Crippen LogP contribution is -2.30. The molecule has 0 bridgehead atoms. The van der Waals surface area contributed by atoms with Gasteiger partial charge in [-0.05, 0) is 67.1 Å². The first-order valence-corrected chi connectivity index (χ1v) is 11.5. The molecule has 1 aliphatic rings. The topological polar surface area (TPSA) is 134 Å². The number of hydrogen-bond acceptors (Lipinski definition) is 9. The van der Waals surface area contributed by atoms with Crippen molar-refractivity contribution < 1.29 is 42.5 Å². The summed E-state index contributed by atoms with van der Waals surface area (Å²) in [6, 6.07) is 13.4. The third kappa shape index (κ3) is 5.67. The highest BCUT2D eigenvalue weighted by atomic mass is 16.6. The predicted octanol–water partition coefficient (Wildman–Crippen LogP) is 3.79. The number of methoxy groups -OCH3 is 2. The molecule has 1 N–H and O–H groups in total. The lowest BCUT2D eigenvalue weighted by atomic mass is 10.1. The van der Waals surface area contributed by atoms with Gasteiger partial charge in [-0.25, -0.2) is 14.4 Å². The van der Waals surface area contributed by atoms with Gasteiger partial charge in [-0.15, -0.1) is 0 Å². The Balaban J connectivity index is 1.50. The molecular weight excluding hydrogens is 496 g/mol. The van der Waals surface area contributed by atoms with Crippen LogP contribution in [0.15, 0.2) is 64.7 Å². The molecule has 0 unspecified atom stereocenters. The van der Waals surface area contributed by atoms with E-state index in [4.69, 9.17) is 18.6 Å². The highest BCUT2D eigenvalue weighted by molar-refractivity contribution is 6.13. The summed E-state index contributed by atoms with van der Waals surface area (Å²) in [4.78, 5) is 50.4. The van der Waals surface area contributed by atoms with Crippen molar-refractivity contribution in [1.29, 1.82) is 0 Å². The fraction of sp³-hybridized carbons (Fsp3) is 0.185. The van der Waals surface area contributed by atoms with E-state index < -0.39 is 23.9 Å². The molecule has 0 atom stereocenters. The number of urea groups is 1. The lowest BCUT2D eigenvalue weighted by molar-refractivity contribution is -0.123. The van der Waals surface area contributed by atoms with Gasteiger partial charge in [0.15, 0.2) is 11.5 Å². The van der Waals surface area contributed by atoms with E-state index in [0.29, 0.717) is 23.5 Å². The van der Waals surface area contributed by atoms with Gasteiger partial charge in [-0.3, -0.25) is 9.69 Å². The monoisotopic (exact) mass is 520 g/mol. The fourth-order valence-corrected chi connectivity index (χ4v) is 3.56. The maximum atomic E-state index is 12.9. The van der Waals surface area contributed by atoms with Crippen molar-refractivity contribution in [3.63, 3.8) is 0 Å².